The van der Waals surface area contributed by atoms with Crippen LogP contribution in [-0.4, -0.2) is 23.5 Å². The average molecular weight is 261 g/mol. The van der Waals surface area contributed by atoms with Crippen molar-refractivity contribution in [1.82, 2.24) is 0 Å². The van der Waals surface area contributed by atoms with E-state index in [1.54, 1.807) is 4.90 Å². The molecular formula is C15H19NO3. The van der Waals surface area contributed by atoms with E-state index < -0.39 is 11.4 Å². The van der Waals surface area contributed by atoms with E-state index >= 15 is 0 Å². The van der Waals surface area contributed by atoms with E-state index in [-0.39, 0.29) is 12.3 Å². The molecule has 1 amide bonds. The van der Waals surface area contributed by atoms with Crippen LogP contribution in [0.5, 0.6) is 0 Å². The molecule has 1 aliphatic heterocycles. The molecule has 102 valence electrons. The molecule has 1 N–H and O–H groups in total. The molecule has 19 heavy (non-hydrogen) atoms. The van der Waals surface area contributed by atoms with Gasteiger partial charge in [0.05, 0.1) is 6.42 Å². The number of rotatable bonds is 4. The topological polar surface area (TPSA) is 57.6 Å². The van der Waals surface area contributed by atoms with Crippen LogP contribution in [0.15, 0.2) is 24.3 Å². The molecule has 0 unspecified atom stereocenters. The maximum Gasteiger partial charge on any atom is 0.304 e. The van der Waals surface area contributed by atoms with Gasteiger partial charge in [0, 0.05) is 24.1 Å². The predicted molar refractivity (Wildman–Crippen MR) is 73.3 cm³/mol. The molecule has 0 aliphatic carbocycles. The normalized spacial score (nSPS) is 15.9. The first kappa shape index (κ1) is 13.6. The first-order chi connectivity index (χ1) is 8.90. The Balaban J connectivity index is 2.18. The van der Waals surface area contributed by atoms with E-state index in [2.05, 4.69) is 0 Å². The summed E-state index contributed by atoms with van der Waals surface area (Å²) < 4.78 is 0. The minimum atomic E-state index is -0.802. The van der Waals surface area contributed by atoms with Crippen molar-refractivity contribution in [2.24, 2.45) is 0 Å². The van der Waals surface area contributed by atoms with Crippen molar-refractivity contribution in [3.05, 3.63) is 29.8 Å². The van der Waals surface area contributed by atoms with Gasteiger partial charge in [-0.25, -0.2) is 0 Å². The van der Waals surface area contributed by atoms with Gasteiger partial charge in [0.1, 0.15) is 0 Å². The summed E-state index contributed by atoms with van der Waals surface area (Å²) in [7, 11) is 0. The Morgan fingerprint density at radius 3 is 2.42 bits per heavy atom. The van der Waals surface area contributed by atoms with Gasteiger partial charge in [-0.2, -0.15) is 0 Å². The monoisotopic (exact) mass is 261 g/mol. The lowest BCUT2D eigenvalue weighted by molar-refractivity contribution is -0.138. The average Bonchev–Trinajstić information content (AvgIpc) is 2.74. The van der Waals surface area contributed by atoms with Crippen LogP contribution in [0, 0.1) is 0 Å². The van der Waals surface area contributed by atoms with Crippen LogP contribution >= 0.6 is 0 Å². The fourth-order valence-electron chi connectivity index (χ4n) is 2.49. The fraction of sp³-hybridized carbons (Fsp3) is 0.467. The maximum absolute atomic E-state index is 11.7. The number of anilines is 1. The lowest BCUT2D eigenvalue weighted by atomic mass is 9.81. The second-order valence-corrected chi connectivity index (χ2v) is 5.65. The van der Waals surface area contributed by atoms with E-state index in [4.69, 9.17) is 5.11 Å². The molecule has 1 heterocycles. The molecule has 4 heteroatoms. The van der Waals surface area contributed by atoms with Gasteiger partial charge in [0.15, 0.2) is 0 Å². The molecule has 1 saturated heterocycles. The quantitative estimate of drug-likeness (QED) is 0.906. The van der Waals surface area contributed by atoms with Gasteiger partial charge in [-0.15, -0.1) is 0 Å². The number of aliphatic carboxylic acids is 1. The predicted octanol–water partition coefficient (Wildman–Crippen LogP) is 2.57. The summed E-state index contributed by atoms with van der Waals surface area (Å²) in [5, 5.41) is 8.92. The number of nitrogens with zero attached hydrogens (tertiary/aromatic N) is 1. The highest BCUT2D eigenvalue weighted by Crippen LogP contribution is 2.29. The standard InChI is InChI=1S/C15H19NO3/c1-15(2,10-14(18)19)11-5-7-12(8-6-11)16-9-3-4-13(16)17/h5-8H,3-4,9-10H2,1-2H3,(H,18,19). The van der Waals surface area contributed by atoms with Gasteiger partial charge in [-0.05, 0) is 24.1 Å². The molecule has 0 spiro atoms. The largest absolute Gasteiger partial charge is 0.481 e. The van der Waals surface area contributed by atoms with E-state index in [1.165, 1.54) is 0 Å². The lowest BCUT2D eigenvalue weighted by Gasteiger charge is -2.24. The lowest BCUT2D eigenvalue weighted by Crippen LogP contribution is -2.24. The Morgan fingerprint density at radius 1 is 1.32 bits per heavy atom. The van der Waals surface area contributed by atoms with Crippen LogP contribution in [-0.2, 0) is 15.0 Å². The number of carboxylic acids is 1. The molecule has 1 aliphatic rings. The van der Waals surface area contributed by atoms with Crippen molar-refractivity contribution in [3.63, 3.8) is 0 Å². The highest BCUT2D eigenvalue weighted by molar-refractivity contribution is 5.95. The molecule has 4 nitrogen and oxygen atoms in total. The first-order valence-electron chi connectivity index (χ1n) is 6.53. The summed E-state index contributed by atoms with van der Waals surface area (Å²) in [6, 6.07) is 7.65. The van der Waals surface area contributed by atoms with Crippen molar-refractivity contribution in [2.45, 2.75) is 38.5 Å². The highest BCUT2D eigenvalue weighted by atomic mass is 16.4. The Morgan fingerprint density at radius 2 is 1.95 bits per heavy atom. The summed E-state index contributed by atoms with van der Waals surface area (Å²) in [6.07, 6.45) is 1.62. The second kappa shape index (κ2) is 5.03. The van der Waals surface area contributed by atoms with E-state index in [1.807, 2.05) is 38.1 Å². The van der Waals surface area contributed by atoms with E-state index in [0.717, 1.165) is 24.2 Å². The molecule has 0 radical (unpaired) electrons. The van der Waals surface area contributed by atoms with Crippen LogP contribution in [0.1, 0.15) is 38.7 Å². The number of carboxylic acid groups (broad SMARTS) is 1. The number of hydrogen-bond acceptors (Lipinski definition) is 2. The highest BCUT2D eigenvalue weighted by Gasteiger charge is 2.25. The third-order valence-corrected chi connectivity index (χ3v) is 3.63. The Labute approximate surface area is 113 Å². The molecule has 1 fully saturated rings. The summed E-state index contributed by atoms with van der Waals surface area (Å²) in [5.74, 6) is -0.638. The van der Waals surface area contributed by atoms with Crippen LogP contribution in [0.25, 0.3) is 0 Å². The second-order valence-electron chi connectivity index (χ2n) is 5.65. The maximum atomic E-state index is 11.7. The van der Waals surface area contributed by atoms with Gasteiger partial charge >= 0.3 is 5.97 Å². The number of carbonyl (C=O) groups is 2. The van der Waals surface area contributed by atoms with Crippen molar-refractivity contribution >= 4 is 17.6 Å². The molecule has 0 saturated carbocycles. The molecular weight excluding hydrogens is 242 g/mol. The molecule has 2 rings (SSSR count). The Bertz CT molecular complexity index is 491. The zero-order chi connectivity index (χ0) is 14.0. The number of carbonyl (C=O) groups excluding carboxylic acids is 1. The molecule has 0 aromatic heterocycles. The Kier molecular flexibility index (Phi) is 3.60. The van der Waals surface area contributed by atoms with Crippen molar-refractivity contribution in [2.75, 3.05) is 11.4 Å². The smallest absolute Gasteiger partial charge is 0.304 e. The summed E-state index contributed by atoms with van der Waals surface area (Å²) >= 11 is 0. The first-order valence-corrected chi connectivity index (χ1v) is 6.53. The molecule has 0 bridgehead atoms. The minimum Gasteiger partial charge on any atom is -0.481 e. The van der Waals surface area contributed by atoms with Gasteiger partial charge < -0.3 is 10.0 Å². The van der Waals surface area contributed by atoms with Gasteiger partial charge in [-0.1, -0.05) is 26.0 Å². The van der Waals surface area contributed by atoms with E-state index in [0.29, 0.717) is 6.42 Å². The van der Waals surface area contributed by atoms with Crippen LogP contribution < -0.4 is 4.90 Å². The number of benzene rings is 1. The van der Waals surface area contributed by atoms with Crippen LogP contribution in [0.3, 0.4) is 0 Å². The third kappa shape index (κ3) is 2.95. The number of hydrogen-bond donors (Lipinski definition) is 1. The molecule has 0 atom stereocenters. The number of amides is 1. The van der Waals surface area contributed by atoms with Crippen molar-refractivity contribution in [3.8, 4) is 0 Å². The zero-order valence-electron chi connectivity index (χ0n) is 11.3. The summed E-state index contributed by atoms with van der Waals surface area (Å²) in [4.78, 5) is 24.3. The van der Waals surface area contributed by atoms with Gasteiger partial charge in [0.25, 0.3) is 0 Å². The van der Waals surface area contributed by atoms with Gasteiger partial charge in [0.2, 0.25) is 5.91 Å². The van der Waals surface area contributed by atoms with Gasteiger partial charge in [-0.3, -0.25) is 9.59 Å². The summed E-state index contributed by atoms with van der Waals surface area (Å²) in [6.45, 7) is 4.60. The van der Waals surface area contributed by atoms with E-state index in [9.17, 15) is 9.59 Å². The fourth-order valence-corrected chi connectivity index (χ4v) is 2.49. The molecule has 1 aromatic carbocycles. The van der Waals surface area contributed by atoms with Crippen molar-refractivity contribution < 1.29 is 14.7 Å². The van der Waals surface area contributed by atoms with Crippen LogP contribution in [0.2, 0.25) is 0 Å². The third-order valence-electron chi connectivity index (χ3n) is 3.63. The van der Waals surface area contributed by atoms with Crippen LogP contribution in [0.4, 0.5) is 5.69 Å². The SMILES string of the molecule is CC(C)(CC(=O)O)c1ccc(N2CCCC2=O)cc1. The summed E-state index contributed by atoms with van der Waals surface area (Å²) in [5.41, 5.74) is 1.47. The van der Waals surface area contributed by atoms with Crippen molar-refractivity contribution in [1.29, 1.82) is 0 Å². The molecule has 1 aromatic rings. The Hall–Kier alpha value is -1.84. The minimum absolute atomic E-state index is 0.0923. The zero-order valence-corrected chi connectivity index (χ0v) is 11.3.